The Morgan fingerprint density at radius 3 is 2.28 bits per heavy atom. The van der Waals surface area contributed by atoms with E-state index in [0.717, 1.165) is 11.3 Å². The van der Waals surface area contributed by atoms with Crippen LogP contribution in [0.25, 0.3) is 0 Å². The lowest BCUT2D eigenvalue weighted by molar-refractivity contribution is 0.191. The molecule has 0 aliphatic heterocycles. The van der Waals surface area contributed by atoms with Crippen LogP contribution in [-0.4, -0.2) is 11.7 Å². The van der Waals surface area contributed by atoms with Gasteiger partial charge in [0.25, 0.3) is 0 Å². The minimum absolute atomic E-state index is 0.479. The Kier molecular flexibility index (Phi) is 3.85. The summed E-state index contributed by atoms with van der Waals surface area (Å²) in [6, 6.07) is 15.4. The third kappa shape index (κ3) is 3.25. The largest absolute Gasteiger partial charge is 0.399 e. The van der Waals surface area contributed by atoms with E-state index in [-0.39, 0.29) is 0 Å². The quantitative estimate of drug-likeness (QED) is 0.722. The van der Waals surface area contributed by atoms with Crippen LogP contribution in [0.15, 0.2) is 48.5 Å². The van der Waals surface area contributed by atoms with Crippen LogP contribution in [0.2, 0.25) is 0 Å². The molecular formula is C15H18N2O. The molecule has 0 saturated carbocycles. The van der Waals surface area contributed by atoms with Crippen molar-refractivity contribution in [2.24, 2.45) is 0 Å². The van der Waals surface area contributed by atoms with Gasteiger partial charge in [-0.3, -0.25) is 0 Å². The number of hydrogen-bond acceptors (Lipinski definition) is 3. The van der Waals surface area contributed by atoms with Gasteiger partial charge in [0.1, 0.15) is 0 Å². The van der Waals surface area contributed by atoms with Crippen LogP contribution >= 0.6 is 0 Å². The molecule has 3 nitrogen and oxygen atoms in total. The molecule has 4 N–H and O–H groups in total. The van der Waals surface area contributed by atoms with Crippen LogP contribution in [0.4, 0.5) is 11.4 Å². The molecule has 1 unspecified atom stereocenters. The summed E-state index contributed by atoms with van der Waals surface area (Å²) in [7, 11) is 0. The molecule has 0 aliphatic carbocycles. The van der Waals surface area contributed by atoms with Crippen molar-refractivity contribution >= 4 is 11.4 Å². The molecule has 0 spiro atoms. The predicted octanol–water partition coefficient (Wildman–Crippen LogP) is 2.72. The van der Waals surface area contributed by atoms with Gasteiger partial charge < -0.3 is 16.2 Å². The van der Waals surface area contributed by atoms with Crippen LogP contribution in [0.3, 0.4) is 0 Å². The van der Waals surface area contributed by atoms with Crippen molar-refractivity contribution in [3.8, 4) is 0 Å². The maximum atomic E-state index is 10.0. The van der Waals surface area contributed by atoms with E-state index in [0.29, 0.717) is 12.2 Å². The number of benzene rings is 2. The van der Waals surface area contributed by atoms with Crippen LogP contribution in [0, 0.1) is 6.92 Å². The summed E-state index contributed by atoms with van der Waals surface area (Å²) in [5, 5.41) is 13.2. The maximum absolute atomic E-state index is 10.0. The van der Waals surface area contributed by atoms with Gasteiger partial charge in [0, 0.05) is 17.9 Å². The third-order valence-corrected chi connectivity index (χ3v) is 2.87. The van der Waals surface area contributed by atoms with Gasteiger partial charge in [-0.25, -0.2) is 0 Å². The molecule has 2 aromatic rings. The van der Waals surface area contributed by atoms with Crippen molar-refractivity contribution in [2.45, 2.75) is 13.0 Å². The molecule has 0 radical (unpaired) electrons. The van der Waals surface area contributed by atoms with Crippen molar-refractivity contribution in [2.75, 3.05) is 17.6 Å². The molecule has 0 aromatic heterocycles. The van der Waals surface area contributed by atoms with Gasteiger partial charge >= 0.3 is 0 Å². The van der Waals surface area contributed by atoms with Crippen LogP contribution < -0.4 is 11.1 Å². The summed E-state index contributed by atoms with van der Waals surface area (Å²) in [5.74, 6) is 0. The normalized spacial score (nSPS) is 12.1. The highest BCUT2D eigenvalue weighted by Crippen LogP contribution is 2.16. The molecule has 0 bridgehead atoms. The zero-order valence-corrected chi connectivity index (χ0v) is 10.4. The van der Waals surface area contributed by atoms with Gasteiger partial charge in [-0.1, -0.05) is 29.8 Å². The number of aliphatic hydroxyl groups excluding tert-OH is 1. The van der Waals surface area contributed by atoms with Gasteiger partial charge in [0.05, 0.1) is 6.10 Å². The monoisotopic (exact) mass is 242 g/mol. The third-order valence-electron chi connectivity index (χ3n) is 2.87. The lowest BCUT2D eigenvalue weighted by atomic mass is 10.1. The number of anilines is 2. The number of aryl methyl sites for hydroxylation is 1. The number of rotatable bonds is 4. The highest BCUT2D eigenvalue weighted by atomic mass is 16.3. The molecule has 2 rings (SSSR count). The number of nitrogens with one attached hydrogen (secondary N) is 1. The Labute approximate surface area is 107 Å². The lowest BCUT2D eigenvalue weighted by Gasteiger charge is -2.13. The Balaban J connectivity index is 1.93. The fourth-order valence-corrected chi connectivity index (χ4v) is 1.72. The molecular weight excluding hydrogens is 224 g/mol. The minimum atomic E-state index is -0.535. The minimum Gasteiger partial charge on any atom is -0.399 e. The first-order valence-electron chi connectivity index (χ1n) is 5.99. The SMILES string of the molecule is Cc1ccc(NCC(O)c2ccc(N)cc2)cc1. The topological polar surface area (TPSA) is 58.3 Å². The van der Waals surface area contributed by atoms with Gasteiger partial charge in [-0.15, -0.1) is 0 Å². The average molecular weight is 242 g/mol. The Bertz CT molecular complexity index is 491. The Morgan fingerprint density at radius 1 is 1.06 bits per heavy atom. The molecule has 0 aliphatic rings. The maximum Gasteiger partial charge on any atom is 0.0962 e. The smallest absolute Gasteiger partial charge is 0.0962 e. The second-order valence-electron chi connectivity index (χ2n) is 4.43. The Morgan fingerprint density at radius 2 is 1.67 bits per heavy atom. The van der Waals surface area contributed by atoms with Crippen molar-refractivity contribution < 1.29 is 5.11 Å². The fourth-order valence-electron chi connectivity index (χ4n) is 1.72. The van der Waals surface area contributed by atoms with Crippen molar-refractivity contribution in [3.63, 3.8) is 0 Å². The predicted molar refractivity (Wildman–Crippen MR) is 75.5 cm³/mol. The standard InChI is InChI=1S/C15H18N2O/c1-11-2-8-14(9-3-11)17-10-15(18)12-4-6-13(16)7-5-12/h2-9,15,17-18H,10,16H2,1H3. The van der Waals surface area contributed by atoms with Crippen LogP contribution in [-0.2, 0) is 0 Å². The summed E-state index contributed by atoms with van der Waals surface area (Å²) in [6.07, 6.45) is -0.535. The van der Waals surface area contributed by atoms with Crippen molar-refractivity contribution in [1.29, 1.82) is 0 Å². The van der Waals surface area contributed by atoms with E-state index in [9.17, 15) is 5.11 Å². The molecule has 0 heterocycles. The van der Waals surface area contributed by atoms with Crippen LogP contribution in [0.5, 0.6) is 0 Å². The summed E-state index contributed by atoms with van der Waals surface area (Å²) in [6.45, 7) is 2.53. The molecule has 94 valence electrons. The van der Waals surface area contributed by atoms with Crippen molar-refractivity contribution in [1.82, 2.24) is 0 Å². The number of nitrogens with two attached hydrogens (primary N) is 1. The first-order valence-corrected chi connectivity index (χ1v) is 5.99. The van der Waals surface area contributed by atoms with E-state index >= 15 is 0 Å². The fraction of sp³-hybridized carbons (Fsp3) is 0.200. The highest BCUT2D eigenvalue weighted by molar-refractivity contribution is 5.45. The Hall–Kier alpha value is -2.00. The first-order chi connectivity index (χ1) is 8.65. The van der Waals surface area contributed by atoms with Gasteiger partial charge in [0.2, 0.25) is 0 Å². The summed E-state index contributed by atoms with van der Waals surface area (Å²) < 4.78 is 0. The summed E-state index contributed by atoms with van der Waals surface area (Å²) >= 11 is 0. The zero-order chi connectivity index (χ0) is 13.0. The molecule has 0 amide bonds. The van der Waals surface area contributed by atoms with E-state index in [1.165, 1.54) is 5.56 Å². The van der Waals surface area contributed by atoms with E-state index in [4.69, 9.17) is 5.73 Å². The zero-order valence-electron chi connectivity index (χ0n) is 10.4. The van der Waals surface area contributed by atoms with Gasteiger partial charge in [-0.05, 0) is 36.8 Å². The molecule has 1 atom stereocenters. The van der Waals surface area contributed by atoms with Crippen molar-refractivity contribution in [3.05, 3.63) is 59.7 Å². The lowest BCUT2D eigenvalue weighted by Crippen LogP contribution is -2.12. The number of aliphatic hydroxyl groups is 1. The average Bonchev–Trinajstić information content (AvgIpc) is 2.38. The molecule has 18 heavy (non-hydrogen) atoms. The molecule has 3 heteroatoms. The highest BCUT2D eigenvalue weighted by Gasteiger charge is 2.06. The van der Waals surface area contributed by atoms with E-state index < -0.39 is 6.10 Å². The van der Waals surface area contributed by atoms with E-state index in [1.54, 1.807) is 12.1 Å². The second-order valence-corrected chi connectivity index (χ2v) is 4.43. The van der Waals surface area contributed by atoms with Gasteiger partial charge in [0.15, 0.2) is 0 Å². The van der Waals surface area contributed by atoms with E-state index in [1.807, 2.05) is 43.3 Å². The number of hydrogen-bond donors (Lipinski definition) is 3. The molecule has 0 saturated heterocycles. The first kappa shape index (κ1) is 12.5. The summed E-state index contributed by atoms with van der Waals surface area (Å²) in [5.41, 5.74) is 9.41. The molecule has 0 fully saturated rings. The summed E-state index contributed by atoms with van der Waals surface area (Å²) in [4.78, 5) is 0. The van der Waals surface area contributed by atoms with E-state index in [2.05, 4.69) is 5.32 Å². The second kappa shape index (κ2) is 5.56. The van der Waals surface area contributed by atoms with Gasteiger partial charge in [-0.2, -0.15) is 0 Å². The number of nitrogen functional groups attached to an aromatic ring is 1. The van der Waals surface area contributed by atoms with Crippen LogP contribution in [0.1, 0.15) is 17.2 Å². The molecule has 2 aromatic carbocycles.